The molecule has 1 aromatic carbocycles. The summed E-state index contributed by atoms with van der Waals surface area (Å²) in [5.74, 6) is -0.210. The van der Waals surface area contributed by atoms with E-state index < -0.39 is 0 Å². The van der Waals surface area contributed by atoms with E-state index in [0.717, 1.165) is 26.5 Å². The Labute approximate surface area is 145 Å². The lowest BCUT2D eigenvalue weighted by molar-refractivity contribution is 0.101. The minimum Gasteiger partial charge on any atom is -0.296 e. The maximum absolute atomic E-state index is 12.4. The first-order valence-corrected chi connectivity index (χ1v) is 8.93. The van der Waals surface area contributed by atoms with Crippen molar-refractivity contribution in [2.75, 3.05) is 5.32 Å². The summed E-state index contributed by atoms with van der Waals surface area (Å²) < 4.78 is 2.68. The number of nitrogens with one attached hydrogen (secondary N) is 1. The van der Waals surface area contributed by atoms with Gasteiger partial charge in [-0.05, 0) is 24.6 Å². The van der Waals surface area contributed by atoms with Crippen molar-refractivity contribution in [1.82, 2.24) is 19.7 Å². The van der Waals surface area contributed by atoms with E-state index >= 15 is 0 Å². The van der Waals surface area contributed by atoms with Gasteiger partial charge in [0.1, 0.15) is 16.4 Å². The van der Waals surface area contributed by atoms with E-state index in [0.29, 0.717) is 10.8 Å². The molecular weight excluding hydrogens is 342 g/mol. The quantitative estimate of drug-likeness (QED) is 0.608. The number of carbonyl (C=O) groups excluding carboxylic acids is 1. The predicted molar refractivity (Wildman–Crippen MR) is 96.6 cm³/mol. The maximum Gasteiger partial charge on any atom is 0.275 e. The molecular formula is C16H13N5OS2. The van der Waals surface area contributed by atoms with Gasteiger partial charge in [0.05, 0.1) is 16.4 Å². The van der Waals surface area contributed by atoms with Crippen molar-refractivity contribution >= 4 is 43.9 Å². The third-order valence-electron chi connectivity index (χ3n) is 3.57. The Hall–Kier alpha value is -2.58. The van der Waals surface area contributed by atoms with Gasteiger partial charge in [0.25, 0.3) is 5.91 Å². The van der Waals surface area contributed by atoms with Crippen molar-refractivity contribution in [3.8, 4) is 10.7 Å². The average Bonchev–Trinajstić information content (AvgIpc) is 3.25. The first-order valence-electron chi connectivity index (χ1n) is 7.23. The monoisotopic (exact) mass is 355 g/mol. The summed E-state index contributed by atoms with van der Waals surface area (Å²) in [6, 6.07) is 7.98. The summed E-state index contributed by atoms with van der Waals surface area (Å²) in [6.45, 7) is 1.86. The Bertz CT molecular complexity index is 993. The number of aryl methyl sites for hydroxylation is 2. The number of rotatable bonds is 3. The Morgan fingerprint density at radius 3 is 2.83 bits per heavy atom. The SMILES string of the molecule is Cc1cnn(C)c1C(=O)Nc1nc(-c2nc3ccccc3s2)cs1. The average molecular weight is 355 g/mol. The van der Waals surface area contributed by atoms with E-state index in [-0.39, 0.29) is 5.91 Å². The van der Waals surface area contributed by atoms with Crippen LogP contribution in [-0.4, -0.2) is 25.7 Å². The van der Waals surface area contributed by atoms with Crippen LogP contribution >= 0.6 is 22.7 Å². The minimum absolute atomic E-state index is 0.210. The zero-order chi connectivity index (χ0) is 16.7. The smallest absolute Gasteiger partial charge is 0.275 e. The molecule has 4 rings (SSSR count). The first kappa shape index (κ1) is 15.0. The van der Waals surface area contributed by atoms with Gasteiger partial charge >= 0.3 is 0 Å². The number of benzene rings is 1. The molecule has 1 amide bonds. The number of para-hydroxylation sites is 1. The highest BCUT2D eigenvalue weighted by Crippen LogP contribution is 2.32. The highest BCUT2D eigenvalue weighted by atomic mass is 32.1. The Kier molecular flexibility index (Phi) is 3.62. The third-order valence-corrected chi connectivity index (χ3v) is 5.39. The fourth-order valence-electron chi connectivity index (χ4n) is 2.44. The van der Waals surface area contributed by atoms with Crippen LogP contribution in [0.2, 0.25) is 0 Å². The first-order chi connectivity index (χ1) is 11.6. The van der Waals surface area contributed by atoms with Crippen LogP contribution in [0.5, 0.6) is 0 Å². The lowest BCUT2D eigenvalue weighted by Gasteiger charge is -2.03. The molecule has 0 unspecified atom stereocenters. The molecule has 120 valence electrons. The molecule has 0 radical (unpaired) electrons. The van der Waals surface area contributed by atoms with E-state index in [1.54, 1.807) is 29.3 Å². The van der Waals surface area contributed by atoms with Crippen LogP contribution in [0, 0.1) is 6.92 Å². The second-order valence-electron chi connectivity index (χ2n) is 5.28. The van der Waals surface area contributed by atoms with Crippen LogP contribution in [0.1, 0.15) is 16.1 Å². The molecule has 3 heterocycles. The molecule has 3 aromatic heterocycles. The zero-order valence-corrected chi connectivity index (χ0v) is 14.6. The molecule has 8 heteroatoms. The van der Waals surface area contributed by atoms with Crippen LogP contribution in [0.25, 0.3) is 20.9 Å². The van der Waals surface area contributed by atoms with Crippen molar-refractivity contribution < 1.29 is 4.79 Å². The number of anilines is 1. The van der Waals surface area contributed by atoms with E-state index in [1.165, 1.54) is 11.3 Å². The number of thiazole rings is 2. The van der Waals surface area contributed by atoms with E-state index in [1.807, 2.05) is 36.6 Å². The standard InChI is InChI=1S/C16H13N5OS2/c1-9-7-17-21(2)13(9)14(22)20-16-19-11(8-23-16)15-18-10-5-3-4-6-12(10)24-15/h3-8H,1-2H3,(H,19,20,22). The lowest BCUT2D eigenvalue weighted by Crippen LogP contribution is -2.17. The van der Waals surface area contributed by atoms with Crippen LogP contribution in [0.4, 0.5) is 5.13 Å². The summed E-state index contributed by atoms with van der Waals surface area (Å²) in [7, 11) is 1.75. The predicted octanol–water partition coefficient (Wildman–Crippen LogP) is 3.71. The fraction of sp³-hybridized carbons (Fsp3) is 0.125. The van der Waals surface area contributed by atoms with Crippen molar-refractivity contribution in [3.05, 3.63) is 47.1 Å². The summed E-state index contributed by atoms with van der Waals surface area (Å²) >= 11 is 2.98. The number of nitrogens with zero attached hydrogens (tertiary/aromatic N) is 4. The van der Waals surface area contributed by atoms with E-state index in [9.17, 15) is 4.79 Å². The van der Waals surface area contributed by atoms with Crippen molar-refractivity contribution in [3.63, 3.8) is 0 Å². The third kappa shape index (κ3) is 2.59. The van der Waals surface area contributed by atoms with Gasteiger partial charge in [0, 0.05) is 12.4 Å². The van der Waals surface area contributed by atoms with Gasteiger partial charge in [0.15, 0.2) is 5.13 Å². The summed E-state index contributed by atoms with van der Waals surface area (Å²) in [4.78, 5) is 21.5. The molecule has 1 N–H and O–H groups in total. The minimum atomic E-state index is -0.210. The molecule has 24 heavy (non-hydrogen) atoms. The Balaban J connectivity index is 1.60. The number of hydrogen-bond acceptors (Lipinski definition) is 6. The molecule has 0 atom stereocenters. The van der Waals surface area contributed by atoms with Gasteiger partial charge in [-0.15, -0.1) is 22.7 Å². The highest BCUT2D eigenvalue weighted by molar-refractivity contribution is 7.22. The van der Waals surface area contributed by atoms with Crippen LogP contribution in [-0.2, 0) is 7.05 Å². The number of fused-ring (bicyclic) bond motifs is 1. The molecule has 0 aliphatic rings. The van der Waals surface area contributed by atoms with Gasteiger partial charge < -0.3 is 0 Å². The van der Waals surface area contributed by atoms with Gasteiger partial charge in [-0.2, -0.15) is 5.10 Å². The van der Waals surface area contributed by atoms with Gasteiger partial charge in [0.2, 0.25) is 0 Å². The van der Waals surface area contributed by atoms with Crippen molar-refractivity contribution in [2.24, 2.45) is 7.05 Å². The number of aromatic nitrogens is 4. The fourth-order valence-corrected chi connectivity index (χ4v) is 4.13. The van der Waals surface area contributed by atoms with Gasteiger partial charge in [-0.3, -0.25) is 14.8 Å². The van der Waals surface area contributed by atoms with E-state index in [4.69, 9.17) is 0 Å². The maximum atomic E-state index is 12.4. The number of hydrogen-bond donors (Lipinski definition) is 1. The van der Waals surface area contributed by atoms with Crippen molar-refractivity contribution in [1.29, 1.82) is 0 Å². The molecule has 0 saturated carbocycles. The number of carbonyl (C=O) groups is 1. The Morgan fingerprint density at radius 1 is 1.25 bits per heavy atom. The second kappa shape index (κ2) is 5.81. The topological polar surface area (TPSA) is 72.7 Å². The lowest BCUT2D eigenvalue weighted by atomic mass is 10.2. The summed E-state index contributed by atoms with van der Waals surface area (Å²) in [6.07, 6.45) is 1.67. The molecule has 6 nitrogen and oxygen atoms in total. The van der Waals surface area contributed by atoms with Crippen LogP contribution < -0.4 is 5.32 Å². The highest BCUT2D eigenvalue weighted by Gasteiger charge is 2.16. The Morgan fingerprint density at radius 2 is 2.08 bits per heavy atom. The van der Waals surface area contributed by atoms with Gasteiger partial charge in [-0.1, -0.05) is 12.1 Å². The summed E-state index contributed by atoms with van der Waals surface area (Å²) in [5.41, 5.74) is 3.10. The molecule has 0 aliphatic carbocycles. The van der Waals surface area contributed by atoms with Crippen LogP contribution in [0.3, 0.4) is 0 Å². The van der Waals surface area contributed by atoms with Crippen molar-refractivity contribution in [2.45, 2.75) is 6.92 Å². The number of amides is 1. The molecule has 4 aromatic rings. The summed E-state index contributed by atoms with van der Waals surface area (Å²) in [5, 5.41) is 10.2. The van der Waals surface area contributed by atoms with Gasteiger partial charge in [-0.25, -0.2) is 9.97 Å². The second-order valence-corrected chi connectivity index (χ2v) is 7.17. The normalized spacial score (nSPS) is 11.1. The van der Waals surface area contributed by atoms with E-state index in [2.05, 4.69) is 20.4 Å². The largest absolute Gasteiger partial charge is 0.296 e. The zero-order valence-electron chi connectivity index (χ0n) is 13.0. The van der Waals surface area contributed by atoms with Crippen LogP contribution in [0.15, 0.2) is 35.8 Å². The molecule has 0 spiro atoms. The molecule has 0 aliphatic heterocycles. The molecule has 0 fully saturated rings. The molecule has 0 bridgehead atoms. The molecule has 0 saturated heterocycles.